The SMILES string of the molecule is CCC(N)CC(=O)c1ccc(Cl)c(Cl)c1. The van der Waals surface area contributed by atoms with E-state index >= 15 is 0 Å². The van der Waals surface area contributed by atoms with Crippen LogP contribution in [0.4, 0.5) is 0 Å². The highest BCUT2D eigenvalue weighted by Gasteiger charge is 2.11. The van der Waals surface area contributed by atoms with Crippen molar-refractivity contribution in [3.63, 3.8) is 0 Å². The fourth-order valence-corrected chi connectivity index (χ4v) is 1.47. The van der Waals surface area contributed by atoms with Gasteiger partial charge in [-0.3, -0.25) is 4.79 Å². The summed E-state index contributed by atoms with van der Waals surface area (Å²) < 4.78 is 0. The summed E-state index contributed by atoms with van der Waals surface area (Å²) in [6, 6.07) is 4.77. The fraction of sp³-hybridized carbons (Fsp3) is 0.364. The topological polar surface area (TPSA) is 43.1 Å². The third kappa shape index (κ3) is 3.49. The van der Waals surface area contributed by atoms with Gasteiger partial charge in [-0.1, -0.05) is 30.1 Å². The molecule has 0 aliphatic carbocycles. The predicted molar refractivity (Wildman–Crippen MR) is 63.7 cm³/mol. The second kappa shape index (κ2) is 5.50. The number of rotatable bonds is 4. The first-order valence-electron chi connectivity index (χ1n) is 4.78. The molecule has 2 nitrogen and oxygen atoms in total. The second-order valence-electron chi connectivity index (χ2n) is 3.42. The van der Waals surface area contributed by atoms with Crippen LogP contribution in [0.1, 0.15) is 30.1 Å². The number of carbonyl (C=O) groups is 1. The Labute approximate surface area is 99.4 Å². The summed E-state index contributed by atoms with van der Waals surface area (Å²) in [5.74, 6) is 0.00270. The number of benzene rings is 1. The average Bonchev–Trinajstić information content (AvgIpc) is 2.21. The number of carbonyl (C=O) groups excluding carboxylic acids is 1. The number of Topliss-reactive ketones (excluding diaryl/α,β-unsaturated/α-hetero) is 1. The molecule has 1 aromatic rings. The molecule has 0 aromatic heterocycles. The zero-order valence-electron chi connectivity index (χ0n) is 8.47. The van der Waals surface area contributed by atoms with E-state index in [1.807, 2.05) is 6.92 Å². The van der Waals surface area contributed by atoms with E-state index in [0.29, 0.717) is 22.0 Å². The first-order chi connectivity index (χ1) is 7.04. The highest BCUT2D eigenvalue weighted by atomic mass is 35.5. The third-order valence-electron chi connectivity index (χ3n) is 2.21. The summed E-state index contributed by atoms with van der Waals surface area (Å²) in [4.78, 5) is 11.7. The molecule has 82 valence electrons. The summed E-state index contributed by atoms with van der Waals surface area (Å²) in [6.07, 6.45) is 1.13. The molecule has 0 heterocycles. The molecule has 0 amide bonds. The molecular formula is C11H13Cl2NO. The Morgan fingerprint density at radius 2 is 2.07 bits per heavy atom. The monoisotopic (exact) mass is 245 g/mol. The van der Waals surface area contributed by atoms with Gasteiger partial charge in [0.15, 0.2) is 5.78 Å². The van der Waals surface area contributed by atoms with Gasteiger partial charge >= 0.3 is 0 Å². The van der Waals surface area contributed by atoms with Crippen molar-refractivity contribution in [2.45, 2.75) is 25.8 Å². The molecule has 0 saturated carbocycles. The maximum Gasteiger partial charge on any atom is 0.164 e. The third-order valence-corrected chi connectivity index (χ3v) is 2.95. The number of ketones is 1. The van der Waals surface area contributed by atoms with Gasteiger partial charge in [0, 0.05) is 18.0 Å². The Morgan fingerprint density at radius 3 is 2.60 bits per heavy atom. The standard InChI is InChI=1S/C11H13Cl2NO/c1-2-8(14)6-11(15)7-3-4-9(12)10(13)5-7/h3-5,8H,2,6,14H2,1H3. The average molecular weight is 246 g/mol. The van der Waals surface area contributed by atoms with Crippen molar-refractivity contribution in [3.05, 3.63) is 33.8 Å². The minimum absolute atomic E-state index is 0.00270. The molecule has 2 N–H and O–H groups in total. The Hall–Kier alpha value is -0.570. The normalized spacial score (nSPS) is 12.5. The van der Waals surface area contributed by atoms with Gasteiger partial charge in [0.25, 0.3) is 0 Å². The molecule has 1 aromatic carbocycles. The highest BCUT2D eigenvalue weighted by Crippen LogP contribution is 2.23. The lowest BCUT2D eigenvalue weighted by Gasteiger charge is -2.07. The molecule has 15 heavy (non-hydrogen) atoms. The van der Waals surface area contributed by atoms with E-state index in [-0.39, 0.29) is 11.8 Å². The van der Waals surface area contributed by atoms with E-state index in [1.54, 1.807) is 18.2 Å². The van der Waals surface area contributed by atoms with E-state index in [9.17, 15) is 4.79 Å². The van der Waals surface area contributed by atoms with Crippen LogP contribution >= 0.6 is 23.2 Å². The van der Waals surface area contributed by atoms with Crippen LogP contribution in [0.5, 0.6) is 0 Å². The van der Waals surface area contributed by atoms with E-state index in [1.165, 1.54) is 0 Å². The van der Waals surface area contributed by atoms with Crippen molar-refractivity contribution in [2.24, 2.45) is 5.73 Å². The largest absolute Gasteiger partial charge is 0.327 e. The fourth-order valence-electron chi connectivity index (χ4n) is 1.17. The van der Waals surface area contributed by atoms with Crippen LogP contribution in [0.15, 0.2) is 18.2 Å². The number of hydrogen-bond acceptors (Lipinski definition) is 2. The van der Waals surface area contributed by atoms with Gasteiger partial charge in [0.1, 0.15) is 0 Å². The minimum atomic E-state index is -0.0908. The molecule has 0 saturated heterocycles. The number of nitrogens with two attached hydrogens (primary N) is 1. The second-order valence-corrected chi connectivity index (χ2v) is 4.24. The summed E-state index contributed by atoms with van der Waals surface area (Å²) >= 11 is 11.6. The van der Waals surface area contributed by atoms with Crippen LogP contribution in [0.25, 0.3) is 0 Å². The van der Waals surface area contributed by atoms with Gasteiger partial charge in [-0.25, -0.2) is 0 Å². The lowest BCUT2D eigenvalue weighted by molar-refractivity contribution is 0.0974. The van der Waals surface area contributed by atoms with Crippen LogP contribution in [0.2, 0.25) is 10.0 Å². The minimum Gasteiger partial charge on any atom is -0.327 e. The zero-order chi connectivity index (χ0) is 11.4. The van der Waals surface area contributed by atoms with Gasteiger partial charge in [0.2, 0.25) is 0 Å². The molecule has 1 atom stereocenters. The van der Waals surface area contributed by atoms with Crippen molar-refractivity contribution >= 4 is 29.0 Å². The van der Waals surface area contributed by atoms with Crippen molar-refractivity contribution in [3.8, 4) is 0 Å². The summed E-state index contributed by atoms with van der Waals surface area (Å²) in [6.45, 7) is 1.95. The van der Waals surface area contributed by atoms with Crippen LogP contribution in [-0.2, 0) is 0 Å². The van der Waals surface area contributed by atoms with Crippen LogP contribution < -0.4 is 5.73 Å². The smallest absolute Gasteiger partial charge is 0.164 e. The van der Waals surface area contributed by atoms with E-state index < -0.39 is 0 Å². The van der Waals surface area contributed by atoms with E-state index in [2.05, 4.69) is 0 Å². The molecule has 0 fully saturated rings. The molecule has 1 unspecified atom stereocenters. The number of halogens is 2. The van der Waals surface area contributed by atoms with Gasteiger partial charge in [-0.2, -0.15) is 0 Å². The Balaban J connectivity index is 2.78. The van der Waals surface area contributed by atoms with E-state index in [0.717, 1.165) is 6.42 Å². The van der Waals surface area contributed by atoms with Crippen LogP contribution in [0.3, 0.4) is 0 Å². The Morgan fingerprint density at radius 1 is 1.40 bits per heavy atom. The van der Waals surface area contributed by atoms with Gasteiger partial charge in [-0.05, 0) is 24.6 Å². The molecular weight excluding hydrogens is 233 g/mol. The molecule has 0 spiro atoms. The lowest BCUT2D eigenvalue weighted by atomic mass is 10.0. The quantitative estimate of drug-likeness (QED) is 0.828. The molecule has 0 aliphatic heterocycles. The van der Waals surface area contributed by atoms with Crippen LogP contribution in [0, 0.1) is 0 Å². The Bertz CT molecular complexity index is 366. The summed E-state index contributed by atoms with van der Waals surface area (Å²) in [5, 5.41) is 0.848. The molecule has 4 heteroatoms. The van der Waals surface area contributed by atoms with Gasteiger partial charge in [0.05, 0.1) is 10.0 Å². The maximum atomic E-state index is 11.7. The lowest BCUT2D eigenvalue weighted by Crippen LogP contribution is -2.22. The maximum absolute atomic E-state index is 11.7. The molecule has 0 bridgehead atoms. The molecule has 0 radical (unpaired) electrons. The van der Waals surface area contributed by atoms with Crippen molar-refractivity contribution in [2.75, 3.05) is 0 Å². The van der Waals surface area contributed by atoms with E-state index in [4.69, 9.17) is 28.9 Å². The van der Waals surface area contributed by atoms with Gasteiger partial charge in [-0.15, -0.1) is 0 Å². The number of hydrogen-bond donors (Lipinski definition) is 1. The molecule has 1 rings (SSSR count). The van der Waals surface area contributed by atoms with Crippen LogP contribution in [-0.4, -0.2) is 11.8 Å². The first-order valence-corrected chi connectivity index (χ1v) is 5.54. The highest BCUT2D eigenvalue weighted by molar-refractivity contribution is 6.42. The van der Waals surface area contributed by atoms with Crippen molar-refractivity contribution < 1.29 is 4.79 Å². The van der Waals surface area contributed by atoms with Crippen molar-refractivity contribution in [1.82, 2.24) is 0 Å². The zero-order valence-corrected chi connectivity index (χ0v) is 9.98. The Kier molecular flexibility index (Phi) is 4.58. The summed E-state index contributed by atoms with van der Waals surface area (Å²) in [7, 11) is 0. The van der Waals surface area contributed by atoms with Crippen molar-refractivity contribution in [1.29, 1.82) is 0 Å². The molecule has 0 aliphatic rings. The first kappa shape index (κ1) is 12.5. The van der Waals surface area contributed by atoms with Gasteiger partial charge < -0.3 is 5.73 Å². The predicted octanol–water partition coefficient (Wildman–Crippen LogP) is 3.30. The summed E-state index contributed by atoms with van der Waals surface area (Å²) in [5.41, 5.74) is 6.26.